The summed E-state index contributed by atoms with van der Waals surface area (Å²) in [5.74, 6) is -0.0723. The van der Waals surface area contributed by atoms with Crippen molar-refractivity contribution in [2.24, 2.45) is 10.9 Å². The van der Waals surface area contributed by atoms with Crippen LogP contribution in [0.1, 0.15) is 28.3 Å². The summed E-state index contributed by atoms with van der Waals surface area (Å²) in [7, 11) is 0. The van der Waals surface area contributed by atoms with Crippen LogP contribution in [0.3, 0.4) is 0 Å². The summed E-state index contributed by atoms with van der Waals surface area (Å²) in [6, 6.07) is 9.94. The van der Waals surface area contributed by atoms with Gasteiger partial charge < -0.3 is 5.32 Å². The zero-order valence-electron chi connectivity index (χ0n) is 13.2. The zero-order valence-corrected chi connectivity index (χ0v) is 13.2. The maximum absolute atomic E-state index is 12.6. The average molecular weight is 345 g/mol. The van der Waals surface area contributed by atoms with Crippen molar-refractivity contribution in [2.75, 3.05) is 0 Å². The SMILES string of the molecule is Cc1ccc(C2C3N=C(c4ccc(C(F)(F)F)nc4)NC(=O)C32)cc1. The van der Waals surface area contributed by atoms with Crippen molar-refractivity contribution < 1.29 is 18.0 Å². The number of nitrogens with zero attached hydrogens (tertiary/aromatic N) is 2. The predicted molar refractivity (Wildman–Crippen MR) is 85.1 cm³/mol. The van der Waals surface area contributed by atoms with Gasteiger partial charge in [-0.1, -0.05) is 29.8 Å². The van der Waals surface area contributed by atoms with Crippen molar-refractivity contribution in [3.05, 3.63) is 65.0 Å². The van der Waals surface area contributed by atoms with Crippen LogP contribution in [0, 0.1) is 12.8 Å². The van der Waals surface area contributed by atoms with Gasteiger partial charge in [0.25, 0.3) is 0 Å². The number of benzene rings is 1. The maximum Gasteiger partial charge on any atom is 0.433 e. The molecule has 1 N–H and O–H groups in total. The van der Waals surface area contributed by atoms with Crippen LogP contribution in [0.25, 0.3) is 0 Å². The number of amidine groups is 1. The second-order valence-corrected chi connectivity index (χ2v) is 6.35. The second-order valence-electron chi connectivity index (χ2n) is 6.35. The fourth-order valence-electron chi connectivity index (χ4n) is 3.20. The van der Waals surface area contributed by atoms with Gasteiger partial charge in [0.15, 0.2) is 0 Å². The molecule has 25 heavy (non-hydrogen) atoms. The summed E-state index contributed by atoms with van der Waals surface area (Å²) in [6.45, 7) is 1.99. The first-order valence-corrected chi connectivity index (χ1v) is 7.83. The first-order valence-electron chi connectivity index (χ1n) is 7.83. The summed E-state index contributed by atoms with van der Waals surface area (Å²) < 4.78 is 37.8. The molecule has 2 aromatic rings. The van der Waals surface area contributed by atoms with Crippen LogP contribution in [-0.2, 0) is 11.0 Å². The van der Waals surface area contributed by atoms with Gasteiger partial charge in [0.1, 0.15) is 11.5 Å². The number of pyridine rings is 1. The van der Waals surface area contributed by atoms with E-state index < -0.39 is 11.9 Å². The molecule has 7 heteroatoms. The van der Waals surface area contributed by atoms with Gasteiger partial charge >= 0.3 is 6.18 Å². The van der Waals surface area contributed by atoms with E-state index in [0.717, 1.165) is 23.4 Å². The number of nitrogens with one attached hydrogen (secondary N) is 1. The highest BCUT2D eigenvalue weighted by atomic mass is 19.4. The summed E-state index contributed by atoms with van der Waals surface area (Å²) in [5, 5.41) is 2.68. The second kappa shape index (κ2) is 5.40. The smallest absolute Gasteiger partial charge is 0.310 e. The Morgan fingerprint density at radius 3 is 2.36 bits per heavy atom. The van der Waals surface area contributed by atoms with Crippen LogP contribution in [0.5, 0.6) is 0 Å². The number of fused-ring (bicyclic) bond motifs is 1. The number of hydrogen-bond acceptors (Lipinski definition) is 3. The Kier molecular flexibility index (Phi) is 3.42. The molecule has 0 bridgehead atoms. The first kappa shape index (κ1) is 15.8. The Bertz CT molecular complexity index is 857. The molecule has 3 unspecified atom stereocenters. The first-order chi connectivity index (χ1) is 11.8. The molecule has 1 saturated carbocycles. The number of aryl methyl sites for hydroxylation is 1. The van der Waals surface area contributed by atoms with Gasteiger partial charge in [-0.2, -0.15) is 13.2 Å². The fraction of sp³-hybridized carbons (Fsp3) is 0.278. The number of alkyl halides is 3. The molecule has 4 rings (SSSR count). The number of hydrogen-bond donors (Lipinski definition) is 1. The molecule has 3 atom stereocenters. The molecule has 1 aliphatic heterocycles. The molecule has 1 aromatic heterocycles. The van der Waals surface area contributed by atoms with Crippen molar-refractivity contribution in [3.8, 4) is 0 Å². The minimum atomic E-state index is -4.49. The van der Waals surface area contributed by atoms with Crippen LogP contribution in [0.4, 0.5) is 13.2 Å². The Morgan fingerprint density at radius 1 is 1.04 bits per heavy atom. The molecule has 4 nitrogen and oxygen atoms in total. The lowest BCUT2D eigenvalue weighted by Crippen LogP contribution is -2.36. The fourth-order valence-corrected chi connectivity index (χ4v) is 3.20. The number of carbonyl (C=O) groups excluding carboxylic acids is 1. The number of amides is 1. The number of halogens is 3. The van der Waals surface area contributed by atoms with E-state index in [-0.39, 0.29) is 29.6 Å². The van der Waals surface area contributed by atoms with Gasteiger partial charge in [0.05, 0.1) is 12.0 Å². The van der Waals surface area contributed by atoms with E-state index >= 15 is 0 Å². The molecule has 0 spiro atoms. The van der Waals surface area contributed by atoms with E-state index in [2.05, 4.69) is 15.3 Å². The minimum Gasteiger partial charge on any atom is -0.310 e. The van der Waals surface area contributed by atoms with Crippen molar-refractivity contribution in [2.45, 2.75) is 25.1 Å². The van der Waals surface area contributed by atoms with E-state index in [1.165, 1.54) is 6.07 Å². The highest BCUT2D eigenvalue weighted by Gasteiger charge is 2.58. The van der Waals surface area contributed by atoms with Crippen LogP contribution in [-0.4, -0.2) is 22.8 Å². The minimum absolute atomic E-state index is 0.0144. The molecule has 2 heterocycles. The van der Waals surface area contributed by atoms with Crippen LogP contribution < -0.4 is 5.32 Å². The molecule has 0 saturated heterocycles. The van der Waals surface area contributed by atoms with E-state index in [1.807, 2.05) is 31.2 Å². The van der Waals surface area contributed by atoms with Gasteiger partial charge in [-0.3, -0.25) is 14.8 Å². The number of carbonyl (C=O) groups is 1. The van der Waals surface area contributed by atoms with Crippen molar-refractivity contribution in [3.63, 3.8) is 0 Å². The Balaban J connectivity index is 1.60. The molecule has 128 valence electrons. The molecule has 1 fully saturated rings. The summed E-state index contributed by atoms with van der Waals surface area (Å²) in [4.78, 5) is 20.2. The van der Waals surface area contributed by atoms with Crippen LogP contribution in [0.15, 0.2) is 47.6 Å². The Morgan fingerprint density at radius 2 is 1.76 bits per heavy atom. The molecule has 2 aliphatic rings. The van der Waals surface area contributed by atoms with E-state index in [4.69, 9.17) is 0 Å². The van der Waals surface area contributed by atoms with E-state index in [1.54, 1.807) is 0 Å². The largest absolute Gasteiger partial charge is 0.433 e. The summed E-state index contributed by atoms with van der Waals surface area (Å²) in [6.07, 6.45) is -3.40. The molecule has 1 aliphatic carbocycles. The lowest BCUT2D eigenvalue weighted by molar-refractivity contribution is -0.141. The Labute approximate surface area is 141 Å². The molecule has 1 amide bonds. The normalized spacial score (nSPS) is 25.0. The van der Waals surface area contributed by atoms with Crippen LogP contribution >= 0.6 is 0 Å². The molecule has 1 aromatic carbocycles. The van der Waals surface area contributed by atoms with Gasteiger partial charge in [-0.25, -0.2) is 0 Å². The standard InChI is InChI=1S/C18H14F3N3O/c1-9-2-4-10(5-3-9)13-14-15(13)23-16(24-17(14)25)11-6-7-12(22-8-11)18(19,20)21/h2-8,13-15H,1H3,(H,23,24,25). The third-order valence-electron chi connectivity index (χ3n) is 4.59. The number of aliphatic imine (C=N–C) groups is 1. The third-order valence-corrected chi connectivity index (χ3v) is 4.59. The highest BCUT2D eigenvalue weighted by Crippen LogP contribution is 2.51. The number of rotatable bonds is 2. The van der Waals surface area contributed by atoms with E-state index in [9.17, 15) is 18.0 Å². The van der Waals surface area contributed by atoms with E-state index in [0.29, 0.717) is 5.56 Å². The lowest BCUT2D eigenvalue weighted by Gasteiger charge is -2.13. The van der Waals surface area contributed by atoms with Crippen molar-refractivity contribution >= 4 is 11.7 Å². The van der Waals surface area contributed by atoms with Gasteiger partial charge in [-0.15, -0.1) is 0 Å². The number of aromatic nitrogens is 1. The molecule has 0 radical (unpaired) electrons. The third kappa shape index (κ3) is 2.79. The monoisotopic (exact) mass is 345 g/mol. The zero-order chi connectivity index (χ0) is 17.8. The lowest BCUT2D eigenvalue weighted by atomic mass is 10.1. The highest BCUT2D eigenvalue weighted by molar-refractivity contribution is 6.11. The average Bonchev–Trinajstić information content (AvgIpc) is 3.30. The van der Waals surface area contributed by atoms with Crippen molar-refractivity contribution in [1.82, 2.24) is 10.3 Å². The quantitative estimate of drug-likeness (QED) is 0.909. The predicted octanol–water partition coefficient (Wildman–Crippen LogP) is 3.07. The van der Waals surface area contributed by atoms with Crippen molar-refractivity contribution in [1.29, 1.82) is 0 Å². The summed E-state index contributed by atoms with van der Waals surface area (Å²) >= 11 is 0. The Hall–Kier alpha value is -2.70. The maximum atomic E-state index is 12.6. The van der Waals surface area contributed by atoms with Gasteiger partial charge in [0.2, 0.25) is 5.91 Å². The molecular formula is C18H14F3N3O. The molecular weight excluding hydrogens is 331 g/mol. The summed E-state index contributed by atoms with van der Waals surface area (Å²) in [5.41, 5.74) is 1.58. The van der Waals surface area contributed by atoms with Crippen LogP contribution in [0.2, 0.25) is 0 Å². The van der Waals surface area contributed by atoms with Gasteiger partial charge in [-0.05, 0) is 24.6 Å². The van der Waals surface area contributed by atoms with Gasteiger partial charge in [0, 0.05) is 17.7 Å². The topological polar surface area (TPSA) is 54.4 Å².